The average Bonchev–Trinajstić information content (AvgIpc) is 3.43. The molecule has 29 heavy (non-hydrogen) atoms. The van der Waals surface area contributed by atoms with Crippen LogP contribution in [0.5, 0.6) is 0 Å². The van der Waals surface area contributed by atoms with Crippen LogP contribution in [0.25, 0.3) is 22.8 Å². The Balaban J connectivity index is 1.38. The third-order valence-electron chi connectivity index (χ3n) is 5.28. The minimum Gasteiger partial charge on any atom is -0.463 e. The topological polar surface area (TPSA) is 83.5 Å². The summed E-state index contributed by atoms with van der Waals surface area (Å²) in [6.07, 6.45) is 4.45. The number of nitrogens with one attached hydrogen (secondary N) is 1. The van der Waals surface area contributed by atoms with Gasteiger partial charge in [-0.05, 0) is 38.6 Å². The minimum atomic E-state index is 0.590. The van der Waals surface area contributed by atoms with E-state index in [1.807, 2.05) is 25.1 Å². The van der Waals surface area contributed by atoms with Crippen LogP contribution >= 0.6 is 0 Å². The van der Waals surface area contributed by atoms with E-state index in [1.54, 1.807) is 12.5 Å². The van der Waals surface area contributed by atoms with Crippen LogP contribution in [-0.4, -0.2) is 70.7 Å². The molecule has 0 aliphatic carbocycles. The van der Waals surface area contributed by atoms with E-state index in [0.29, 0.717) is 23.2 Å². The van der Waals surface area contributed by atoms with E-state index in [-0.39, 0.29) is 0 Å². The molecule has 0 unspecified atom stereocenters. The van der Waals surface area contributed by atoms with Crippen molar-refractivity contribution in [3.05, 3.63) is 36.4 Å². The van der Waals surface area contributed by atoms with Gasteiger partial charge in [0.2, 0.25) is 5.95 Å². The summed E-state index contributed by atoms with van der Waals surface area (Å²) in [6.45, 7) is 11.8. The molecule has 0 amide bonds. The van der Waals surface area contributed by atoms with Gasteiger partial charge in [-0.3, -0.25) is 0 Å². The molecule has 1 N–H and O–H groups in total. The second kappa shape index (κ2) is 9.19. The van der Waals surface area contributed by atoms with Gasteiger partial charge in [-0.25, -0.2) is 9.97 Å². The van der Waals surface area contributed by atoms with Gasteiger partial charge in [0, 0.05) is 45.0 Å². The molecule has 4 heterocycles. The average molecular weight is 396 g/mol. The molecule has 0 saturated carbocycles. The highest BCUT2D eigenvalue weighted by Gasteiger charge is 2.17. The molecular weight excluding hydrogens is 368 g/mol. The first-order valence-corrected chi connectivity index (χ1v) is 10.3. The number of hydrogen-bond acceptors (Lipinski definition) is 8. The highest BCUT2D eigenvalue weighted by atomic mass is 16.5. The number of anilines is 1. The zero-order valence-electron chi connectivity index (χ0n) is 17.1. The number of piperazine rings is 1. The SMILES string of the molecule is CCN1CCN(CCCNc2ncc(-c3cc(C)no3)c(-c3ccco3)n2)CC1. The highest BCUT2D eigenvalue weighted by Crippen LogP contribution is 2.31. The van der Waals surface area contributed by atoms with Crippen LogP contribution in [0.4, 0.5) is 5.95 Å². The number of furan rings is 1. The van der Waals surface area contributed by atoms with Gasteiger partial charge in [-0.15, -0.1) is 0 Å². The van der Waals surface area contributed by atoms with Crippen LogP contribution in [0.1, 0.15) is 19.0 Å². The van der Waals surface area contributed by atoms with Crippen molar-refractivity contribution in [3.8, 4) is 22.8 Å². The molecule has 4 rings (SSSR count). The predicted molar refractivity (Wildman–Crippen MR) is 112 cm³/mol. The Morgan fingerprint density at radius 1 is 1.14 bits per heavy atom. The summed E-state index contributed by atoms with van der Waals surface area (Å²) >= 11 is 0. The van der Waals surface area contributed by atoms with Crippen LogP contribution < -0.4 is 5.32 Å². The number of rotatable bonds is 8. The minimum absolute atomic E-state index is 0.590. The first-order chi connectivity index (χ1) is 14.2. The van der Waals surface area contributed by atoms with E-state index in [1.165, 1.54) is 13.1 Å². The standard InChI is InChI=1S/C21H28N6O2/c1-3-26-9-11-27(12-10-26)8-5-7-22-21-23-15-17(19-14-16(2)25-29-19)20(24-21)18-6-4-13-28-18/h4,6,13-15H,3,5,7-12H2,1-2H3,(H,22,23,24). The number of hydrogen-bond donors (Lipinski definition) is 1. The van der Waals surface area contributed by atoms with Gasteiger partial charge in [0.05, 0.1) is 17.5 Å². The van der Waals surface area contributed by atoms with E-state index in [9.17, 15) is 0 Å². The normalized spacial score (nSPS) is 15.7. The molecule has 1 aliphatic rings. The Hall–Kier alpha value is -2.71. The molecular formula is C21H28N6O2. The van der Waals surface area contributed by atoms with E-state index in [4.69, 9.17) is 8.94 Å². The van der Waals surface area contributed by atoms with Crippen molar-refractivity contribution in [1.29, 1.82) is 0 Å². The molecule has 8 nitrogen and oxygen atoms in total. The lowest BCUT2D eigenvalue weighted by Gasteiger charge is -2.33. The number of likely N-dealkylation sites (N-methyl/N-ethyl adjacent to an activating group) is 1. The zero-order chi connectivity index (χ0) is 20.1. The van der Waals surface area contributed by atoms with E-state index in [2.05, 4.69) is 37.2 Å². The zero-order valence-corrected chi connectivity index (χ0v) is 17.1. The van der Waals surface area contributed by atoms with Gasteiger partial charge in [0.25, 0.3) is 0 Å². The largest absolute Gasteiger partial charge is 0.463 e. The van der Waals surface area contributed by atoms with Gasteiger partial charge in [-0.2, -0.15) is 0 Å². The summed E-state index contributed by atoms with van der Waals surface area (Å²) in [5.74, 6) is 1.90. The van der Waals surface area contributed by atoms with Crippen LogP contribution in [0.3, 0.4) is 0 Å². The van der Waals surface area contributed by atoms with Crippen molar-refractivity contribution in [3.63, 3.8) is 0 Å². The maximum atomic E-state index is 5.58. The fraction of sp³-hybridized carbons (Fsp3) is 0.476. The molecule has 154 valence electrons. The molecule has 1 aliphatic heterocycles. The lowest BCUT2D eigenvalue weighted by Crippen LogP contribution is -2.46. The van der Waals surface area contributed by atoms with Crippen molar-refractivity contribution in [2.75, 3.05) is 51.1 Å². The van der Waals surface area contributed by atoms with Crippen molar-refractivity contribution in [2.24, 2.45) is 0 Å². The van der Waals surface area contributed by atoms with E-state index < -0.39 is 0 Å². The Morgan fingerprint density at radius 2 is 1.97 bits per heavy atom. The van der Waals surface area contributed by atoms with Gasteiger partial charge in [0.15, 0.2) is 11.5 Å². The molecule has 0 atom stereocenters. The van der Waals surface area contributed by atoms with Crippen molar-refractivity contribution < 1.29 is 8.94 Å². The molecule has 1 fully saturated rings. The Labute approximate surface area is 170 Å². The van der Waals surface area contributed by atoms with Crippen molar-refractivity contribution >= 4 is 5.95 Å². The maximum Gasteiger partial charge on any atom is 0.223 e. The second-order valence-electron chi connectivity index (χ2n) is 7.32. The fourth-order valence-corrected chi connectivity index (χ4v) is 3.57. The maximum absolute atomic E-state index is 5.58. The smallest absolute Gasteiger partial charge is 0.223 e. The van der Waals surface area contributed by atoms with Gasteiger partial charge >= 0.3 is 0 Å². The van der Waals surface area contributed by atoms with Gasteiger partial charge < -0.3 is 24.1 Å². The van der Waals surface area contributed by atoms with E-state index >= 15 is 0 Å². The van der Waals surface area contributed by atoms with Crippen LogP contribution in [0.2, 0.25) is 0 Å². The van der Waals surface area contributed by atoms with Crippen molar-refractivity contribution in [1.82, 2.24) is 24.9 Å². The Morgan fingerprint density at radius 3 is 2.66 bits per heavy atom. The fourth-order valence-electron chi connectivity index (χ4n) is 3.57. The summed E-state index contributed by atoms with van der Waals surface area (Å²) in [7, 11) is 0. The second-order valence-corrected chi connectivity index (χ2v) is 7.32. The molecule has 0 aromatic carbocycles. The molecule has 1 saturated heterocycles. The van der Waals surface area contributed by atoms with Gasteiger partial charge in [-0.1, -0.05) is 12.1 Å². The van der Waals surface area contributed by atoms with Crippen LogP contribution in [-0.2, 0) is 0 Å². The van der Waals surface area contributed by atoms with E-state index in [0.717, 1.165) is 50.4 Å². The lowest BCUT2D eigenvalue weighted by atomic mass is 10.1. The summed E-state index contributed by atoms with van der Waals surface area (Å²) in [4.78, 5) is 14.2. The van der Waals surface area contributed by atoms with Crippen LogP contribution in [0.15, 0.2) is 39.6 Å². The summed E-state index contributed by atoms with van der Waals surface area (Å²) in [5.41, 5.74) is 2.27. The van der Waals surface area contributed by atoms with Crippen molar-refractivity contribution in [2.45, 2.75) is 20.3 Å². The molecule has 3 aromatic rings. The first-order valence-electron chi connectivity index (χ1n) is 10.3. The Bertz CT molecular complexity index is 900. The molecule has 0 spiro atoms. The lowest BCUT2D eigenvalue weighted by molar-refractivity contribution is 0.137. The molecule has 3 aromatic heterocycles. The third-order valence-corrected chi connectivity index (χ3v) is 5.28. The number of nitrogens with zero attached hydrogens (tertiary/aromatic N) is 5. The summed E-state index contributed by atoms with van der Waals surface area (Å²) < 4.78 is 11.0. The first kappa shape index (κ1) is 19.6. The monoisotopic (exact) mass is 396 g/mol. The molecule has 0 radical (unpaired) electrons. The number of aryl methyl sites for hydroxylation is 1. The highest BCUT2D eigenvalue weighted by molar-refractivity contribution is 5.75. The summed E-state index contributed by atoms with van der Waals surface area (Å²) in [5, 5.41) is 7.31. The Kier molecular flexibility index (Phi) is 6.21. The predicted octanol–water partition coefficient (Wildman–Crippen LogP) is 3.14. The molecule has 8 heteroatoms. The van der Waals surface area contributed by atoms with Gasteiger partial charge in [0.1, 0.15) is 5.69 Å². The summed E-state index contributed by atoms with van der Waals surface area (Å²) in [6, 6.07) is 5.60. The van der Waals surface area contributed by atoms with Crippen LogP contribution in [0, 0.1) is 6.92 Å². The number of aromatic nitrogens is 3. The third kappa shape index (κ3) is 4.83. The molecule has 0 bridgehead atoms. The quantitative estimate of drug-likeness (QED) is 0.582.